The van der Waals surface area contributed by atoms with Gasteiger partial charge in [0.1, 0.15) is 11.5 Å². The fourth-order valence-electron chi connectivity index (χ4n) is 2.08. The van der Waals surface area contributed by atoms with Crippen molar-refractivity contribution in [3.8, 4) is 11.5 Å². The van der Waals surface area contributed by atoms with E-state index in [1.807, 2.05) is 0 Å². The summed E-state index contributed by atoms with van der Waals surface area (Å²) < 4.78 is 10.4. The first-order valence-electron chi connectivity index (χ1n) is 8.85. The Bertz CT molecular complexity index is 768. The minimum absolute atomic E-state index is 0.296. The summed E-state index contributed by atoms with van der Waals surface area (Å²) in [5, 5.41) is 8.26. The quantitative estimate of drug-likeness (QED) is 0.225. The lowest BCUT2D eigenvalue weighted by atomic mass is 10.3. The molecular weight excluding hydrogens is 356 g/mol. The number of ether oxygens (including phenoxy) is 2. The fourth-order valence-corrected chi connectivity index (χ4v) is 2.08. The van der Waals surface area contributed by atoms with E-state index in [9.17, 15) is 9.59 Å². The zero-order chi connectivity index (χ0) is 20.2. The molecule has 0 saturated heterocycles. The number of esters is 2. The van der Waals surface area contributed by atoms with Gasteiger partial charge < -0.3 is 9.47 Å². The summed E-state index contributed by atoms with van der Waals surface area (Å²) in [5.74, 6) is 0.297. The van der Waals surface area contributed by atoms with Gasteiger partial charge in [0.2, 0.25) is 0 Å². The third-order valence-electron chi connectivity index (χ3n) is 3.52. The Morgan fingerprint density at radius 1 is 0.714 bits per heavy atom. The molecule has 0 saturated carbocycles. The summed E-state index contributed by atoms with van der Waals surface area (Å²) in [6.07, 6.45) is 5.10. The molecule has 0 heterocycles. The van der Waals surface area contributed by atoms with E-state index >= 15 is 0 Å². The highest BCUT2D eigenvalue weighted by atomic mass is 16.5. The number of benzene rings is 2. The highest BCUT2D eigenvalue weighted by molar-refractivity contribution is 5.73. The van der Waals surface area contributed by atoms with Gasteiger partial charge >= 0.3 is 11.9 Å². The van der Waals surface area contributed by atoms with Crippen molar-refractivity contribution in [3.63, 3.8) is 0 Å². The second-order valence-electron chi connectivity index (χ2n) is 5.79. The molecule has 0 amide bonds. The van der Waals surface area contributed by atoms with Crippen LogP contribution in [0.15, 0.2) is 84.1 Å². The largest absolute Gasteiger partial charge is 0.427 e. The highest BCUT2D eigenvalue weighted by Crippen LogP contribution is 2.23. The van der Waals surface area contributed by atoms with Crippen LogP contribution in [0.5, 0.6) is 11.5 Å². The van der Waals surface area contributed by atoms with Gasteiger partial charge in [0.05, 0.1) is 11.4 Å². The molecule has 0 N–H and O–H groups in total. The summed E-state index contributed by atoms with van der Waals surface area (Å²) in [7, 11) is 0. The predicted molar refractivity (Wildman–Crippen MR) is 107 cm³/mol. The van der Waals surface area contributed by atoms with E-state index in [1.54, 1.807) is 60.7 Å². The Morgan fingerprint density at radius 3 is 1.39 bits per heavy atom. The smallest absolute Gasteiger partial charge is 0.311 e. The Hall–Kier alpha value is -3.54. The van der Waals surface area contributed by atoms with E-state index in [0.29, 0.717) is 48.6 Å². The Labute approximate surface area is 164 Å². The standard InChI is InChI=1S/C22H22N2O4/c1-3-5-7-21(25)27-19-13-9-17(10-14-19)23-24-18-11-15-20(16-12-18)28-22(26)8-6-4-2/h3-4,9-16H,1-2,5-8H2. The molecule has 2 aromatic rings. The molecule has 0 fully saturated rings. The van der Waals surface area contributed by atoms with E-state index < -0.39 is 0 Å². The lowest BCUT2D eigenvalue weighted by molar-refractivity contribution is -0.135. The van der Waals surface area contributed by atoms with Gasteiger partial charge in [0.15, 0.2) is 0 Å². The van der Waals surface area contributed by atoms with E-state index in [-0.39, 0.29) is 11.9 Å². The first kappa shape index (κ1) is 20.8. The summed E-state index contributed by atoms with van der Waals surface area (Å²) in [6.45, 7) is 7.14. The molecule has 0 atom stereocenters. The zero-order valence-corrected chi connectivity index (χ0v) is 15.5. The van der Waals surface area contributed by atoms with Crippen LogP contribution in [-0.4, -0.2) is 11.9 Å². The Balaban J connectivity index is 1.89. The van der Waals surface area contributed by atoms with Crippen molar-refractivity contribution in [2.24, 2.45) is 10.2 Å². The number of azo groups is 1. The molecule has 0 radical (unpaired) electrons. The molecular formula is C22H22N2O4. The van der Waals surface area contributed by atoms with Gasteiger partial charge in [-0.2, -0.15) is 10.2 Å². The number of hydrogen-bond donors (Lipinski definition) is 0. The van der Waals surface area contributed by atoms with Crippen molar-refractivity contribution in [3.05, 3.63) is 73.8 Å². The number of carbonyl (C=O) groups is 2. The van der Waals surface area contributed by atoms with Crippen LogP contribution in [-0.2, 0) is 9.59 Å². The summed E-state index contributed by atoms with van der Waals surface area (Å²) in [6, 6.07) is 13.4. The van der Waals surface area contributed by atoms with Gasteiger partial charge in [-0.25, -0.2) is 0 Å². The van der Waals surface area contributed by atoms with Gasteiger partial charge in [-0.3, -0.25) is 9.59 Å². The lowest BCUT2D eigenvalue weighted by Gasteiger charge is -2.03. The van der Waals surface area contributed by atoms with Crippen LogP contribution < -0.4 is 9.47 Å². The molecule has 144 valence electrons. The second kappa shape index (κ2) is 11.2. The van der Waals surface area contributed by atoms with Crippen molar-refractivity contribution in [2.75, 3.05) is 0 Å². The topological polar surface area (TPSA) is 77.3 Å². The monoisotopic (exact) mass is 378 g/mol. The van der Waals surface area contributed by atoms with Crippen LogP contribution in [0.25, 0.3) is 0 Å². The van der Waals surface area contributed by atoms with E-state index in [1.165, 1.54) is 0 Å². The number of rotatable bonds is 10. The maximum absolute atomic E-state index is 11.6. The summed E-state index contributed by atoms with van der Waals surface area (Å²) in [4.78, 5) is 23.1. The molecule has 0 aliphatic rings. The average Bonchev–Trinajstić information content (AvgIpc) is 2.71. The van der Waals surface area contributed by atoms with Crippen molar-refractivity contribution >= 4 is 23.3 Å². The molecule has 2 rings (SSSR count). The first-order chi connectivity index (χ1) is 13.6. The van der Waals surface area contributed by atoms with Crippen LogP contribution in [0.4, 0.5) is 11.4 Å². The maximum atomic E-state index is 11.6. The van der Waals surface area contributed by atoms with Gasteiger partial charge in [-0.1, -0.05) is 12.2 Å². The first-order valence-corrected chi connectivity index (χ1v) is 8.85. The highest BCUT2D eigenvalue weighted by Gasteiger charge is 2.04. The molecule has 0 aromatic heterocycles. The third-order valence-corrected chi connectivity index (χ3v) is 3.52. The minimum atomic E-state index is -0.306. The predicted octanol–water partition coefficient (Wildman–Crippen LogP) is 5.85. The van der Waals surface area contributed by atoms with Gasteiger partial charge in [-0.15, -0.1) is 13.2 Å². The van der Waals surface area contributed by atoms with E-state index in [0.717, 1.165) is 0 Å². The van der Waals surface area contributed by atoms with E-state index in [2.05, 4.69) is 23.4 Å². The second-order valence-corrected chi connectivity index (χ2v) is 5.79. The maximum Gasteiger partial charge on any atom is 0.311 e. The molecule has 0 bridgehead atoms. The van der Waals surface area contributed by atoms with Gasteiger partial charge in [0.25, 0.3) is 0 Å². The molecule has 0 unspecified atom stereocenters. The van der Waals surface area contributed by atoms with Crippen molar-refractivity contribution in [2.45, 2.75) is 25.7 Å². The van der Waals surface area contributed by atoms with Crippen LogP contribution in [0.2, 0.25) is 0 Å². The third kappa shape index (κ3) is 7.37. The number of hydrogen-bond acceptors (Lipinski definition) is 6. The van der Waals surface area contributed by atoms with Crippen LogP contribution in [0.1, 0.15) is 25.7 Å². The van der Waals surface area contributed by atoms with Crippen molar-refractivity contribution < 1.29 is 19.1 Å². The fraction of sp³-hybridized carbons (Fsp3) is 0.182. The molecule has 28 heavy (non-hydrogen) atoms. The van der Waals surface area contributed by atoms with Gasteiger partial charge in [-0.05, 0) is 61.4 Å². The SMILES string of the molecule is C=CCCC(=O)Oc1ccc(N=Nc2ccc(OC(=O)CCC=C)cc2)cc1. The van der Waals surface area contributed by atoms with Crippen LogP contribution >= 0.6 is 0 Å². The molecule has 6 heteroatoms. The minimum Gasteiger partial charge on any atom is -0.427 e. The molecule has 6 nitrogen and oxygen atoms in total. The van der Waals surface area contributed by atoms with Crippen molar-refractivity contribution in [1.82, 2.24) is 0 Å². The van der Waals surface area contributed by atoms with Crippen LogP contribution in [0.3, 0.4) is 0 Å². The number of carbonyl (C=O) groups excluding carboxylic acids is 2. The number of nitrogens with zero attached hydrogens (tertiary/aromatic N) is 2. The Morgan fingerprint density at radius 2 is 1.07 bits per heavy atom. The molecule has 0 aliphatic carbocycles. The van der Waals surface area contributed by atoms with Crippen molar-refractivity contribution in [1.29, 1.82) is 0 Å². The van der Waals surface area contributed by atoms with Crippen LogP contribution in [0, 0.1) is 0 Å². The average molecular weight is 378 g/mol. The Kier molecular flexibility index (Phi) is 8.33. The number of allylic oxidation sites excluding steroid dienone is 2. The van der Waals surface area contributed by atoms with Gasteiger partial charge in [0, 0.05) is 12.8 Å². The lowest BCUT2D eigenvalue weighted by Crippen LogP contribution is -2.06. The molecule has 0 spiro atoms. The molecule has 2 aromatic carbocycles. The van der Waals surface area contributed by atoms with E-state index in [4.69, 9.17) is 9.47 Å². The normalized spacial score (nSPS) is 10.4. The summed E-state index contributed by atoms with van der Waals surface area (Å²) in [5.41, 5.74) is 1.23. The summed E-state index contributed by atoms with van der Waals surface area (Å²) >= 11 is 0. The zero-order valence-electron chi connectivity index (χ0n) is 15.5. The molecule has 0 aliphatic heterocycles.